The van der Waals surface area contributed by atoms with Gasteiger partial charge in [0.15, 0.2) is 0 Å². The van der Waals surface area contributed by atoms with Crippen molar-refractivity contribution in [2.45, 2.75) is 31.2 Å². The molecule has 0 atom stereocenters. The van der Waals surface area contributed by atoms with Gasteiger partial charge < -0.3 is 5.73 Å². The molecular formula is C10H15N3O2. The van der Waals surface area contributed by atoms with Crippen molar-refractivity contribution in [1.29, 1.82) is 0 Å². The van der Waals surface area contributed by atoms with E-state index in [1.165, 1.54) is 6.07 Å². The average molecular weight is 209 g/mol. The summed E-state index contributed by atoms with van der Waals surface area (Å²) in [6, 6.07) is 1.37. The van der Waals surface area contributed by atoms with Gasteiger partial charge in [0.1, 0.15) is 0 Å². The van der Waals surface area contributed by atoms with Gasteiger partial charge in [-0.1, -0.05) is 12.8 Å². The zero-order valence-corrected chi connectivity index (χ0v) is 8.53. The molecule has 1 aromatic heterocycles. The maximum Gasteiger partial charge on any atom is 0.328 e. The molecule has 1 heterocycles. The van der Waals surface area contributed by atoms with E-state index in [1.807, 2.05) is 0 Å². The summed E-state index contributed by atoms with van der Waals surface area (Å²) in [6.45, 7) is 0.443. The third kappa shape index (κ3) is 1.63. The molecule has 0 aromatic carbocycles. The molecule has 1 saturated carbocycles. The summed E-state index contributed by atoms with van der Waals surface area (Å²) in [5.41, 5.74) is 4.77. The minimum absolute atomic E-state index is 0.277. The molecule has 0 unspecified atom stereocenters. The topological polar surface area (TPSA) is 80.9 Å². The SMILES string of the molecule is NCC1(n2ccc(=O)[nH]c2=O)CCCC1. The van der Waals surface area contributed by atoms with E-state index in [0.29, 0.717) is 6.54 Å². The van der Waals surface area contributed by atoms with Crippen LogP contribution in [0.2, 0.25) is 0 Å². The van der Waals surface area contributed by atoms with Gasteiger partial charge in [0, 0.05) is 18.8 Å². The summed E-state index contributed by atoms with van der Waals surface area (Å²) in [4.78, 5) is 24.9. The highest BCUT2D eigenvalue weighted by atomic mass is 16.2. The van der Waals surface area contributed by atoms with E-state index in [2.05, 4.69) is 4.98 Å². The normalized spacial score (nSPS) is 19.3. The van der Waals surface area contributed by atoms with Crippen LogP contribution >= 0.6 is 0 Å². The second kappa shape index (κ2) is 3.66. The molecule has 0 radical (unpaired) electrons. The molecule has 0 aliphatic heterocycles. The Kier molecular flexibility index (Phi) is 2.48. The number of aromatic amines is 1. The number of nitrogens with zero attached hydrogens (tertiary/aromatic N) is 1. The first-order valence-electron chi connectivity index (χ1n) is 5.20. The number of aromatic nitrogens is 2. The van der Waals surface area contributed by atoms with Crippen LogP contribution in [0.25, 0.3) is 0 Å². The van der Waals surface area contributed by atoms with E-state index >= 15 is 0 Å². The van der Waals surface area contributed by atoms with Crippen LogP contribution in [0.15, 0.2) is 21.9 Å². The van der Waals surface area contributed by atoms with Crippen LogP contribution in [-0.2, 0) is 5.54 Å². The van der Waals surface area contributed by atoms with Crippen molar-refractivity contribution >= 4 is 0 Å². The Labute approximate surface area is 86.9 Å². The number of hydrogen-bond acceptors (Lipinski definition) is 3. The van der Waals surface area contributed by atoms with Crippen LogP contribution in [0.5, 0.6) is 0 Å². The predicted octanol–water partition coefficient (Wildman–Crippen LogP) is -0.235. The molecular weight excluding hydrogens is 194 g/mol. The number of hydrogen-bond donors (Lipinski definition) is 2. The quantitative estimate of drug-likeness (QED) is 0.705. The first kappa shape index (κ1) is 10.2. The fourth-order valence-electron chi connectivity index (χ4n) is 2.37. The van der Waals surface area contributed by atoms with Crippen molar-refractivity contribution in [2.75, 3.05) is 6.54 Å². The van der Waals surface area contributed by atoms with Crippen LogP contribution in [0.1, 0.15) is 25.7 Å². The zero-order valence-electron chi connectivity index (χ0n) is 8.53. The van der Waals surface area contributed by atoms with Crippen LogP contribution in [0.4, 0.5) is 0 Å². The molecule has 1 aliphatic carbocycles. The highest BCUT2D eigenvalue weighted by Crippen LogP contribution is 2.34. The summed E-state index contributed by atoms with van der Waals surface area (Å²) in [5.74, 6) is 0. The second-order valence-corrected chi connectivity index (χ2v) is 4.12. The molecule has 0 amide bonds. The number of rotatable bonds is 2. The molecule has 2 rings (SSSR count). The van der Waals surface area contributed by atoms with Crippen LogP contribution in [0, 0.1) is 0 Å². The highest BCUT2D eigenvalue weighted by Gasteiger charge is 2.34. The maximum absolute atomic E-state index is 11.6. The lowest BCUT2D eigenvalue weighted by atomic mass is 9.97. The largest absolute Gasteiger partial charge is 0.328 e. The lowest BCUT2D eigenvalue weighted by Gasteiger charge is -2.29. The standard InChI is InChI=1S/C10H15N3O2/c11-7-10(4-1-2-5-10)13-6-3-8(14)12-9(13)15/h3,6H,1-2,4-5,7,11H2,(H,12,14,15). The van der Waals surface area contributed by atoms with Gasteiger partial charge in [-0.15, -0.1) is 0 Å². The van der Waals surface area contributed by atoms with Crippen molar-refractivity contribution in [3.8, 4) is 0 Å². The molecule has 15 heavy (non-hydrogen) atoms. The third-order valence-corrected chi connectivity index (χ3v) is 3.25. The van der Waals surface area contributed by atoms with Gasteiger partial charge >= 0.3 is 5.69 Å². The third-order valence-electron chi connectivity index (χ3n) is 3.25. The average Bonchev–Trinajstić information content (AvgIpc) is 2.67. The van der Waals surface area contributed by atoms with Crippen LogP contribution in [-0.4, -0.2) is 16.1 Å². The minimum Gasteiger partial charge on any atom is -0.328 e. The summed E-state index contributed by atoms with van der Waals surface area (Å²) in [5, 5.41) is 0. The van der Waals surface area contributed by atoms with Gasteiger partial charge in [-0.3, -0.25) is 14.3 Å². The number of nitrogens with one attached hydrogen (secondary N) is 1. The van der Waals surface area contributed by atoms with E-state index in [9.17, 15) is 9.59 Å². The van der Waals surface area contributed by atoms with Gasteiger partial charge in [-0.2, -0.15) is 0 Å². The predicted molar refractivity (Wildman–Crippen MR) is 56.8 cm³/mol. The summed E-state index contributed by atoms with van der Waals surface area (Å²) < 4.78 is 1.58. The van der Waals surface area contributed by atoms with Crippen molar-refractivity contribution in [3.05, 3.63) is 33.1 Å². The minimum atomic E-state index is -0.360. The van der Waals surface area contributed by atoms with Crippen molar-refractivity contribution in [1.82, 2.24) is 9.55 Å². The molecule has 5 heteroatoms. The number of H-pyrrole nitrogens is 1. The summed E-state index contributed by atoms with van der Waals surface area (Å²) in [7, 11) is 0. The molecule has 5 nitrogen and oxygen atoms in total. The Morgan fingerprint density at radius 3 is 2.60 bits per heavy atom. The lowest BCUT2D eigenvalue weighted by Crippen LogP contribution is -2.46. The van der Waals surface area contributed by atoms with Crippen LogP contribution in [0.3, 0.4) is 0 Å². The molecule has 1 fully saturated rings. The Balaban J connectivity index is 2.52. The maximum atomic E-state index is 11.6. The van der Waals surface area contributed by atoms with Gasteiger partial charge in [0.25, 0.3) is 5.56 Å². The molecule has 0 spiro atoms. The van der Waals surface area contributed by atoms with Gasteiger partial charge in [0.05, 0.1) is 5.54 Å². The zero-order chi connectivity index (χ0) is 10.9. The molecule has 1 aliphatic rings. The fourth-order valence-corrected chi connectivity index (χ4v) is 2.37. The van der Waals surface area contributed by atoms with E-state index in [0.717, 1.165) is 25.7 Å². The Morgan fingerprint density at radius 2 is 2.07 bits per heavy atom. The van der Waals surface area contributed by atoms with Crippen LogP contribution < -0.4 is 17.0 Å². The van der Waals surface area contributed by atoms with Gasteiger partial charge in [-0.25, -0.2) is 4.79 Å². The second-order valence-electron chi connectivity index (χ2n) is 4.12. The van der Waals surface area contributed by atoms with E-state index < -0.39 is 0 Å². The first-order chi connectivity index (χ1) is 7.18. The molecule has 3 N–H and O–H groups in total. The highest BCUT2D eigenvalue weighted by molar-refractivity contribution is 4.97. The van der Waals surface area contributed by atoms with Crippen molar-refractivity contribution in [2.24, 2.45) is 5.73 Å². The monoisotopic (exact) mass is 209 g/mol. The van der Waals surface area contributed by atoms with Gasteiger partial charge in [0.2, 0.25) is 0 Å². The fraction of sp³-hybridized carbons (Fsp3) is 0.600. The summed E-state index contributed by atoms with van der Waals surface area (Å²) >= 11 is 0. The number of nitrogens with two attached hydrogens (primary N) is 1. The smallest absolute Gasteiger partial charge is 0.328 e. The van der Waals surface area contributed by atoms with E-state index in [-0.39, 0.29) is 16.8 Å². The molecule has 0 saturated heterocycles. The van der Waals surface area contributed by atoms with Crippen molar-refractivity contribution in [3.63, 3.8) is 0 Å². The Hall–Kier alpha value is -1.36. The molecule has 1 aromatic rings. The van der Waals surface area contributed by atoms with E-state index in [1.54, 1.807) is 10.8 Å². The Morgan fingerprint density at radius 1 is 1.40 bits per heavy atom. The lowest BCUT2D eigenvalue weighted by molar-refractivity contribution is 0.289. The Bertz CT molecular complexity index is 454. The summed E-state index contributed by atoms with van der Waals surface area (Å²) in [6.07, 6.45) is 5.55. The van der Waals surface area contributed by atoms with Gasteiger partial charge in [-0.05, 0) is 12.8 Å². The van der Waals surface area contributed by atoms with E-state index in [4.69, 9.17) is 5.73 Å². The first-order valence-corrected chi connectivity index (χ1v) is 5.20. The molecule has 82 valence electrons. The van der Waals surface area contributed by atoms with Crippen molar-refractivity contribution < 1.29 is 0 Å². The molecule has 0 bridgehead atoms.